The van der Waals surface area contributed by atoms with Crippen molar-refractivity contribution in [3.05, 3.63) is 0 Å². The summed E-state index contributed by atoms with van der Waals surface area (Å²) in [6.07, 6.45) is 0.891. The van der Waals surface area contributed by atoms with Crippen LogP contribution in [0.3, 0.4) is 0 Å². The highest BCUT2D eigenvalue weighted by molar-refractivity contribution is 5.67. The first kappa shape index (κ1) is 10.3. The number of carbonyl (C=O) groups is 1. The van der Waals surface area contributed by atoms with Gasteiger partial charge in [-0.1, -0.05) is 0 Å². The molecule has 4 heteroatoms. The molecule has 4 nitrogen and oxygen atoms in total. The van der Waals surface area contributed by atoms with Crippen LogP contribution in [0.5, 0.6) is 0 Å². The van der Waals surface area contributed by atoms with Crippen molar-refractivity contribution in [3.8, 4) is 0 Å². The van der Waals surface area contributed by atoms with Gasteiger partial charge in [0.15, 0.2) is 0 Å². The molecule has 1 N–H and O–H groups in total. The SMILES string of the molecule is COC(=O)N(C)C(C)C1CCNC1. The van der Waals surface area contributed by atoms with Gasteiger partial charge in [-0.3, -0.25) is 0 Å². The minimum atomic E-state index is -0.251. The van der Waals surface area contributed by atoms with Gasteiger partial charge < -0.3 is 15.0 Å². The predicted molar refractivity (Wildman–Crippen MR) is 50.6 cm³/mol. The molecule has 76 valence electrons. The third-order valence-electron chi connectivity index (χ3n) is 2.85. The van der Waals surface area contributed by atoms with Crippen LogP contribution < -0.4 is 5.32 Å². The fourth-order valence-electron chi connectivity index (χ4n) is 1.72. The zero-order valence-electron chi connectivity index (χ0n) is 8.54. The molecule has 0 aromatic rings. The van der Waals surface area contributed by atoms with Crippen molar-refractivity contribution in [2.45, 2.75) is 19.4 Å². The van der Waals surface area contributed by atoms with Crippen molar-refractivity contribution < 1.29 is 9.53 Å². The lowest BCUT2D eigenvalue weighted by Crippen LogP contribution is -2.40. The summed E-state index contributed by atoms with van der Waals surface area (Å²) in [5.74, 6) is 0.559. The van der Waals surface area contributed by atoms with E-state index in [1.807, 2.05) is 0 Å². The highest BCUT2D eigenvalue weighted by atomic mass is 16.5. The van der Waals surface area contributed by atoms with Crippen LogP contribution in [-0.4, -0.2) is 44.3 Å². The second kappa shape index (κ2) is 4.46. The van der Waals surface area contributed by atoms with E-state index in [0.717, 1.165) is 19.5 Å². The number of nitrogens with one attached hydrogen (secondary N) is 1. The van der Waals surface area contributed by atoms with Gasteiger partial charge in [0.05, 0.1) is 7.11 Å². The summed E-state index contributed by atoms with van der Waals surface area (Å²) in [7, 11) is 3.20. The number of amides is 1. The van der Waals surface area contributed by atoms with Gasteiger partial charge in [0.1, 0.15) is 0 Å². The molecular formula is C9H18N2O2. The number of methoxy groups -OCH3 is 1. The van der Waals surface area contributed by atoms with Gasteiger partial charge >= 0.3 is 6.09 Å². The normalized spacial score (nSPS) is 24.1. The Hall–Kier alpha value is -0.770. The first-order valence-electron chi connectivity index (χ1n) is 4.68. The lowest BCUT2D eigenvalue weighted by Gasteiger charge is -2.27. The van der Waals surface area contributed by atoms with Crippen molar-refractivity contribution >= 4 is 6.09 Å². The molecule has 1 fully saturated rings. The van der Waals surface area contributed by atoms with Crippen LogP contribution in [0, 0.1) is 5.92 Å². The average molecular weight is 186 g/mol. The molecule has 0 bridgehead atoms. The summed E-state index contributed by atoms with van der Waals surface area (Å²) in [6.45, 7) is 4.13. The molecule has 1 amide bonds. The van der Waals surface area contributed by atoms with Crippen molar-refractivity contribution in [1.82, 2.24) is 10.2 Å². The van der Waals surface area contributed by atoms with Crippen LogP contribution in [0.2, 0.25) is 0 Å². The summed E-state index contributed by atoms with van der Waals surface area (Å²) >= 11 is 0. The van der Waals surface area contributed by atoms with E-state index in [9.17, 15) is 4.79 Å². The van der Waals surface area contributed by atoms with E-state index < -0.39 is 0 Å². The predicted octanol–water partition coefficient (Wildman–Crippen LogP) is 0.683. The largest absolute Gasteiger partial charge is 0.453 e. The Morgan fingerprint density at radius 3 is 2.85 bits per heavy atom. The molecule has 0 saturated carbocycles. The molecule has 1 rings (SSSR count). The minimum Gasteiger partial charge on any atom is -0.453 e. The van der Waals surface area contributed by atoms with E-state index in [1.54, 1.807) is 11.9 Å². The zero-order chi connectivity index (χ0) is 9.84. The first-order valence-corrected chi connectivity index (χ1v) is 4.68. The minimum absolute atomic E-state index is 0.251. The van der Waals surface area contributed by atoms with E-state index in [2.05, 4.69) is 17.0 Å². The van der Waals surface area contributed by atoms with E-state index in [4.69, 9.17) is 0 Å². The summed E-state index contributed by atoms with van der Waals surface area (Å²) in [6, 6.07) is 0.252. The zero-order valence-corrected chi connectivity index (χ0v) is 8.54. The van der Waals surface area contributed by atoms with E-state index in [1.165, 1.54) is 7.11 Å². The molecule has 0 aromatic carbocycles. The smallest absolute Gasteiger partial charge is 0.409 e. The number of ether oxygens (including phenoxy) is 1. The lowest BCUT2D eigenvalue weighted by molar-refractivity contribution is 0.109. The van der Waals surface area contributed by atoms with Crippen LogP contribution in [0.15, 0.2) is 0 Å². The van der Waals surface area contributed by atoms with Crippen molar-refractivity contribution in [1.29, 1.82) is 0 Å². The number of nitrogens with zero attached hydrogens (tertiary/aromatic N) is 1. The fraction of sp³-hybridized carbons (Fsp3) is 0.889. The Bertz CT molecular complexity index is 178. The molecule has 0 spiro atoms. The van der Waals surface area contributed by atoms with Gasteiger partial charge in [-0.05, 0) is 32.4 Å². The third-order valence-corrected chi connectivity index (χ3v) is 2.85. The van der Waals surface area contributed by atoms with E-state index >= 15 is 0 Å². The molecule has 1 aliphatic rings. The molecule has 2 atom stereocenters. The second-order valence-electron chi connectivity index (χ2n) is 3.57. The molecule has 0 aromatic heterocycles. The Morgan fingerprint density at radius 2 is 2.38 bits per heavy atom. The van der Waals surface area contributed by atoms with E-state index in [0.29, 0.717) is 5.92 Å². The fourth-order valence-corrected chi connectivity index (χ4v) is 1.72. The molecule has 0 radical (unpaired) electrons. The van der Waals surface area contributed by atoms with Crippen LogP contribution in [0.4, 0.5) is 4.79 Å². The standard InChI is InChI=1S/C9H18N2O2/c1-7(8-4-5-10-6-8)11(2)9(12)13-3/h7-8,10H,4-6H2,1-3H3. The van der Waals surface area contributed by atoms with Gasteiger partial charge in [0.2, 0.25) is 0 Å². The summed E-state index contributed by atoms with van der Waals surface area (Å²) in [4.78, 5) is 12.9. The van der Waals surface area contributed by atoms with Crippen molar-refractivity contribution in [2.75, 3.05) is 27.2 Å². The molecule has 13 heavy (non-hydrogen) atoms. The number of rotatable bonds is 2. The van der Waals surface area contributed by atoms with Crippen LogP contribution in [-0.2, 0) is 4.74 Å². The van der Waals surface area contributed by atoms with Gasteiger partial charge in [0, 0.05) is 13.1 Å². The monoisotopic (exact) mass is 186 g/mol. The van der Waals surface area contributed by atoms with Gasteiger partial charge in [0.25, 0.3) is 0 Å². The Morgan fingerprint density at radius 1 is 1.69 bits per heavy atom. The van der Waals surface area contributed by atoms with Gasteiger partial charge in [-0.25, -0.2) is 4.79 Å². The van der Waals surface area contributed by atoms with Crippen LogP contribution in [0.25, 0.3) is 0 Å². The Kier molecular flexibility index (Phi) is 3.54. The number of carbonyl (C=O) groups excluding carboxylic acids is 1. The Labute approximate surface area is 79.2 Å². The Balaban J connectivity index is 2.45. The third kappa shape index (κ3) is 2.34. The number of hydrogen-bond donors (Lipinski definition) is 1. The molecular weight excluding hydrogens is 168 g/mol. The summed E-state index contributed by atoms with van der Waals surface area (Å²) in [5, 5.41) is 3.29. The quantitative estimate of drug-likeness (QED) is 0.689. The van der Waals surface area contributed by atoms with Gasteiger partial charge in [-0.2, -0.15) is 0 Å². The maximum Gasteiger partial charge on any atom is 0.409 e. The maximum atomic E-state index is 11.2. The topological polar surface area (TPSA) is 41.6 Å². The molecule has 2 unspecified atom stereocenters. The molecule has 1 heterocycles. The number of hydrogen-bond acceptors (Lipinski definition) is 3. The lowest BCUT2D eigenvalue weighted by atomic mass is 10.00. The van der Waals surface area contributed by atoms with Gasteiger partial charge in [-0.15, -0.1) is 0 Å². The average Bonchev–Trinajstić information content (AvgIpc) is 2.67. The van der Waals surface area contributed by atoms with Crippen molar-refractivity contribution in [3.63, 3.8) is 0 Å². The summed E-state index contributed by atoms with van der Waals surface area (Å²) in [5.41, 5.74) is 0. The maximum absolute atomic E-state index is 11.2. The van der Waals surface area contributed by atoms with E-state index in [-0.39, 0.29) is 12.1 Å². The van der Waals surface area contributed by atoms with Crippen LogP contribution in [0.1, 0.15) is 13.3 Å². The molecule has 1 aliphatic heterocycles. The summed E-state index contributed by atoms with van der Waals surface area (Å²) < 4.78 is 4.66. The van der Waals surface area contributed by atoms with Crippen LogP contribution >= 0.6 is 0 Å². The second-order valence-corrected chi connectivity index (χ2v) is 3.57. The molecule has 0 aliphatic carbocycles. The van der Waals surface area contributed by atoms with Crippen molar-refractivity contribution in [2.24, 2.45) is 5.92 Å². The first-order chi connectivity index (χ1) is 6.16. The molecule has 1 saturated heterocycles. The highest BCUT2D eigenvalue weighted by Gasteiger charge is 2.26. The highest BCUT2D eigenvalue weighted by Crippen LogP contribution is 2.17.